The number of benzene rings is 2. The summed E-state index contributed by atoms with van der Waals surface area (Å²) in [6.07, 6.45) is 1.68. The van der Waals surface area contributed by atoms with Crippen LogP contribution in [-0.4, -0.2) is 12.4 Å². The molecule has 2 aromatic carbocycles. The first-order valence-electron chi connectivity index (χ1n) is 6.82. The Morgan fingerprint density at radius 1 is 1.24 bits per heavy atom. The second-order valence-electron chi connectivity index (χ2n) is 5.17. The van der Waals surface area contributed by atoms with E-state index in [2.05, 4.69) is 22.0 Å². The Hall–Kier alpha value is -1.32. The highest BCUT2D eigenvalue weighted by molar-refractivity contribution is 9.10. The van der Waals surface area contributed by atoms with Gasteiger partial charge in [-0.15, -0.1) is 0 Å². The van der Waals surface area contributed by atoms with Gasteiger partial charge in [-0.3, -0.25) is 4.79 Å². The van der Waals surface area contributed by atoms with Crippen LogP contribution in [-0.2, 0) is 24.1 Å². The maximum atomic E-state index is 12.3. The molecule has 0 aliphatic carbocycles. The minimum Gasteiger partial charge on any atom is -0.493 e. The van der Waals surface area contributed by atoms with E-state index in [9.17, 15) is 4.79 Å². The lowest BCUT2D eigenvalue weighted by atomic mass is 10.00. The molecule has 0 saturated heterocycles. The number of ketones is 1. The number of fused-ring (bicyclic) bond motifs is 1. The zero-order valence-electron chi connectivity index (χ0n) is 11.4. The molecule has 4 heteroatoms. The normalized spacial score (nSPS) is 12.9. The molecule has 0 N–H and O–H groups in total. The average molecular weight is 366 g/mol. The molecule has 1 aliphatic heterocycles. The summed E-state index contributed by atoms with van der Waals surface area (Å²) < 4.78 is 6.66. The molecule has 3 rings (SSSR count). The van der Waals surface area contributed by atoms with E-state index in [1.54, 1.807) is 0 Å². The number of carbonyl (C=O) groups is 1. The van der Waals surface area contributed by atoms with Gasteiger partial charge in [0.1, 0.15) is 11.5 Å². The van der Waals surface area contributed by atoms with Crippen LogP contribution in [0.1, 0.15) is 16.7 Å². The monoisotopic (exact) mass is 364 g/mol. The molecule has 0 spiro atoms. The third kappa shape index (κ3) is 3.47. The Morgan fingerprint density at radius 3 is 2.90 bits per heavy atom. The average Bonchev–Trinajstić information content (AvgIpc) is 2.86. The van der Waals surface area contributed by atoms with Crippen LogP contribution in [0, 0.1) is 0 Å². The highest BCUT2D eigenvalue weighted by Gasteiger charge is 2.19. The lowest BCUT2D eigenvalue weighted by Gasteiger charge is -2.09. The largest absolute Gasteiger partial charge is 0.493 e. The molecule has 108 valence electrons. The Bertz CT molecular complexity index is 697. The van der Waals surface area contributed by atoms with Gasteiger partial charge in [0.2, 0.25) is 0 Å². The lowest BCUT2D eigenvalue weighted by Crippen LogP contribution is -2.07. The standard InChI is InChI=1S/C17H14BrClO2/c18-14-8-12-4-5-21-17(12)13(9-14)10-16(20)7-11-2-1-3-15(19)6-11/h1-3,6,8-9H,4-5,7,10H2. The highest BCUT2D eigenvalue weighted by atomic mass is 79.9. The zero-order valence-corrected chi connectivity index (χ0v) is 13.7. The van der Waals surface area contributed by atoms with Crippen molar-refractivity contribution >= 4 is 33.3 Å². The molecule has 0 amide bonds. The van der Waals surface area contributed by atoms with Gasteiger partial charge in [-0.2, -0.15) is 0 Å². The van der Waals surface area contributed by atoms with Crippen molar-refractivity contribution in [1.29, 1.82) is 0 Å². The van der Waals surface area contributed by atoms with Gasteiger partial charge in [-0.1, -0.05) is 39.7 Å². The number of carbonyl (C=O) groups excluding carboxylic acids is 1. The molecule has 0 atom stereocenters. The zero-order chi connectivity index (χ0) is 14.8. The van der Waals surface area contributed by atoms with Crippen LogP contribution in [0.25, 0.3) is 0 Å². The van der Waals surface area contributed by atoms with E-state index in [0.29, 0.717) is 24.5 Å². The second-order valence-corrected chi connectivity index (χ2v) is 6.53. The van der Waals surface area contributed by atoms with Crippen molar-refractivity contribution in [3.8, 4) is 5.75 Å². The topological polar surface area (TPSA) is 26.3 Å². The van der Waals surface area contributed by atoms with Crippen LogP contribution in [0.4, 0.5) is 0 Å². The molecule has 0 fully saturated rings. The van der Waals surface area contributed by atoms with Crippen molar-refractivity contribution in [1.82, 2.24) is 0 Å². The summed E-state index contributed by atoms with van der Waals surface area (Å²) in [6.45, 7) is 0.696. The molecule has 0 bridgehead atoms. The molecular weight excluding hydrogens is 352 g/mol. The summed E-state index contributed by atoms with van der Waals surface area (Å²) in [5.74, 6) is 1.05. The molecule has 1 heterocycles. The van der Waals surface area contributed by atoms with Gasteiger partial charge in [0.05, 0.1) is 6.61 Å². The molecule has 21 heavy (non-hydrogen) atoms. The second kappa shape index (κ2) is 6.20. The summed E-state index contributed by atoms with van der Waals surface area (Å²) in [4.78, 5) is 12.3. The molecule has 1 aliphatic rings. The smallest absolute Gasteiger partial charge is 0.141 e. The minimum absolute atomic E-state index is 0.160. The van der Waals surface area contributed by atoms with Gasteiger partial charge in [0.15, 0.2) is 0 Å². The summed E-state index contributed by atoms with van der Waals surface area (Å²) in [5, 5.41) is 0.659. The minimum atomic E-state index is 0.160. The number of halogens is 2. The summed E-state index contributed by atoms with van der Waals surface area (Å²) in [6, 6.07) is 11.5. The molecule has 0 radical (unpaired) electrons. The Labute approximate surface area is 137 Å². The number of rotatable bonds is 4. The van der Waals surface area contributed by atoms with Gasteiger partial charge in [0.25, 0.3) is 0 Å². The number of hydrogen-bond acceptors (Lipinski definition) is 2. The number of Topliss-reactive ketones (excluding diaryl/α,β-unsaturated/α-hetero) is 1. The first-order valence-corrected chi connectivity index (χ1v) is 7.99. The number of ether oxygens (including phenoxy) is 1. The third-order valence-electron chi connectivity index (χ3n) is 3.50. The SMILES string of the molecule is O=C(Cc1cccc(Cl)c1)Cc1cc(Br)cc2c1OCC2. The maximum absolute atomic E-state index is 12.3. The lowest BCUT2D eigenvalue weighted by molar-refractivity contribution is -0.117. The van der Waals surface area contributed by atoms with E-state index in [0.717, 1.165) is 27.8 Å². The third-order valence-corrected chi connectivity index (χ3v) is 4.20. The molecule has 2 nitrogen and oxygen atoms in total. The van der Waals surface area contributed by atoms with E-state index >= 15 is 0 Å². The van der Waals surface area contributed by atoms with Gasteiger partial charge in [0, 0.05) is 34.3 Å². The molecule has 0 saturated carbocycles. The fraction of sp³-hybridized carbons (Fsp3) is 0.235. The fourth-order valence-electron chi connectivity index (χ4n) is 2.63. The Kier molecular flexibility index (Phi) is 4.32. The Morgan fingerprint density at radius 2 is 2.10 bits per heavy atom. The Balaban J connectivity index is 1.76. The van der Waals surface area contributed by atoms with E-state index in [1.807, 2.05) is 30.3 Å². The van der Waals surface area contributed by atoms with Crippen molar-refractivity contribution in [3.05, 3.63) is 62.6 Å². The van der Waals surface area contributed by atoms with E-state index < -0.39 is 0 Å². The van der Waals surface area contributed by atoms with Gasteiger partial charge >= 0.3 is 0 Å². The van der Waals surface area contributed by atoms with E-state index in [-0.39, 0.29) is 5.78 Å². The van der Waals surface area contributed by atoms with Crippen molar-refractivity contribution in [2.75, 3.05) is 6.61 Å². The van der Waals surface area contributed by atoms with E-state index in [4.69, 9.17) is 16.3 Å². The van der Waals surface area contributed by atoms with E-state index in [1.165, 1.54) is 5.56 Å². The van der Waals surface area contributed by atoms with Gasteiger partial charge in [-0.05, 0) is 35.4 Å². The quantitative estimate of drug-likeness (QED) is 0.803. The van der Waals surface area contributed by atoms with Gasteiger partial charge in [-0.25, -0.2) is 0 Å². The number of hydrogen-bond donors (Lipinski definition) is 0. The molecular formula is C17H14BrClO2. The summed E-state index contributed by atoms with van der Waals surface area (Å²) >= 11 is 9.45. The van der Waals surface area contributed by atoms with Crippen molar-refractivity contribution in [2.24, 2.45) is 0 Å². The van der Waals surface area contributed by atoms with Crippen LogP contribution in [0.5, 0.6) is 5.75 Å². The van der Waals surface area contributed by atoms with Gasteiger partial charge < -0.3 is 4.74 Å². The van der Waals surface area contributed by atoms with Crippen LogP contribution in [0.15, 0.2) is 40.9 Å². The molecule has 0 aromatic heterocycles. The van der Waals surface area contributed by atoms with Crippen molar-refractivity contribution in [2.45, 2.75) is 19.3 Å². The molecule has 2 aromatic rings. The van der Waals surface area contributed by atoms with Crippen LogP contribution in [0.2, 0.25) is 5.02 Å². The first kappa shape index (κ1) is 14.6. The highest BCUT2D eigenvalue weighted by Crippen LogP contribution is 2.33. The predicted molar refractivity (Wildman–Crippen MR) is 87.2 cm³/mol. The first-order chi connectivity index (χ1) is 10.1. The van der Waals surface area contributed by atoms with Crippen LogP contribution < -0.4 is 4.74 Å². The van der Waals surface area contributed by atoms with Crippen molar-refractivity contribution < 1.29 is 9.53 Å². The summed E-state index contributed by atoms with van der Waals surface area (Å²) in [5.41, 5.74) is 3.08. The van der Waals surface area contributed by atoms with Crippen molar-refractivity contribution in [3.63, 3.8) is 0 Å². The van der Waals surface area contributed by atoms with Crippen LogP contribution >= 0.6 is 27.5 Å². The molecule has 0 unspecified atom stereocenters. The van der Waals surface area contributed by atoms with Crippen LogP contribution in [0.3, 0.4) is 0 Å². The maximum Gasteiger partial charge on any atom is 0.141 e. The summed E-state index contributed by atoms with van der Waals surface area (Å²) in [7, 11) is 0. The predicted octanol–water partition coefficient (Wildman–Crippen LogP) is 4.39. The fourth-order valence-corrected chi connectivity index (χ4v) is 3.39.